The topological polar surface area (TPSA) is 80.9 Å². The lowest BCUT2D eigenvalue weighted by Gasteiger charge is -2.37. The molecule has 0 aromatic carbocycles. The van der Waals surface area contributed by atoms with E-state index >= 15 is 0 Å². The van der Waals surface area contributed by atoms with Gasteiger partial charge >= 0.3 is 0 Å². The Kier molecular flexibility index (Phi) is 3.53. The normalized spacial score (nSPS) is 38.9. The first-order valence-electron chi connectivity index (χ1n) is 4.84. The maximum absolute atomic E-state index is 9.82. The lowest BCUT2D eigenvalue weighted by Crippen LogP contribution is -2.42. The van der Waals surface area contributed by atoms with Crippen LogP contribution in [0.1, 0.15) is 13.8 Å². The van der Waals surface area contributed by atoms with E-state index in [1.165, 1.54) is 0 Å². The van der Waals surface area contributed by atoms with Crippen molar-refractivity contribution in [2.24, 2.45) is 17.8 Å². The van der Waals surface area contributed by atoms with E-state index in [0.717, 1.165) is 0 Å². The number of rotatable bonds is 2. The first-order chi connectivity index (χ1) is 6.54. The molecule has 0 heterocycles. The highest BCUT2D eigenvalue weighted by atomic mass is 16.3. The second-order valence-electron chi connectivity index (χ2n) is 3.98. The first kappa shape index (κ1) is 11.5. The molecule has 1 aliphatic carbocycles. The Bertz CT molecular complexity index is 236. The predicted octanol–water partition coefficient (Wildman–Crippen LogP) is 0.0460. The van der Waals surface area contributed by atoms with Crippen molar-refractivity contribution >= 4 is 0 Å². The minimum Gasteiger partial charge on any atom is -0.512 e. The van der Waals surface area contributed by atoms with E-state index in [0.29, 0.717) is 5.57 Å². The summed E-state index contributed by atoms with van der Waals surface area (Å²) in [6.07, 6.45) is -0.782. The average Bonchev–Trinajstić information content (AvgIpc) is 2.16. The van der Waals surface area contributed by atoms with Crippen molar-refractivity contribution in [3.63, 3.8) is 0 Å². The first-order valence-corrected chi connectivity index (χ1v) is 4.84. The SMILES string of the molecule is CC1=C(O)C(C)C(CO)C(O)C1CO. The Balaban J connectivity index is 3.02. The molecule has 0 bridgehead atoms. The fourth-order valence-corrected chi connectivity index (χ4v) is 2.11. The second kappa shape index (κ2) is 4.29. The summed E-state index contributed by atoms with van der Waals surface area (Å²) in [6, 6.07) is 0. The molecular formula is C10H18O4. The molecule has 14 heavy (non-hydrogen) atoms. The minimum absolute atomic E-state index is 0.184. The molecule has 0 aromatic heterocycles. The zero-order valence-electron chi connectivity index (χ0n) is 8.51. The van der Waals surface area contributed by atoms with Crippen LogP contribution in [0.5, 0.6) is 0 Å². The van der Waals surface area contributed by atoms with Gasteiger partial charge in [0.15, 0.2) is 0 Å². The van der Waals surface area contributed by atoms with Crippen molar-refractivity contribution in [2.45, 2.75) is 20.0 Å². The summed E-state index contributed by atoms with van der Waals surface area (Å²) in [6.45, 7) is 3.07. The molecular weight excluding hydrogens is 184 g/mol. The van der Waals surface area contributed by atoms with Gasteiger partial charge < -0.3 is 20.4 Å². The third-order valence-electron chi connectivity index (χ3n) is 3.29. The number of aliphatic hydroxyl groups excluding tert-OH is 4. The van der Waals surface area contributed by atoms with Crippen LogP contribution in [0.25, 0.3) is 0 Å². The van der Waals surface area contributed by atoms with Gasteiger partial charge in [0.1, 0.15) is 0 Å². The molecule has 0 saturated heterocycles. The van der Waals surface area contributed by atoms with Crippen molar-refractivity contribution in [1.29, 1.82) is 0 Å². The quantitative estimate of drug-likeness (QED) is 0.510. The lowest BCUT2D eigenvalue weighted by atomic mass is 9.73. The van der Waals surface area contributed by atoms with Gasteiger partial charge in [-0.15, -0.1) is 0 Å². The van der Waals surface area contributed by atoms with Gasteiger partial charge in [-0.3, -0.25) is 0 Å². The molecule has 4 nitrogen and oxygen atoms in total. The molecule has 4 unspecified atom stereocenters. The van der Waals surface area contributed by atoms with Gasteiger partial charge in [0.05, 0.1) is 18.5 Å². The van der Waals surface area contributed by atoms with Crippen molar-refractivity contribution in [1.82, 2.24) is 0 Å². The lowest BCUT2D eigenvalue weighted by molar-refractivity contribution is -0.0229. The van der Waals surface area contributed by atoms with Crippen molar-refractivity contribution in [3.8, 4) is 0 Å². The summed E-state index contributed by atoms with van der Waals surface area (Å²) in [5.74, 6) is -0.912. The molecule has 0 aliphatic heterocycles. The van der Waals surface area contributed by atoms with Crippen LogP contribution in [0.2, 0.25) is 0 Å². The molecule has 0 spiro atoms. The highest BCUT2D eigenvalue weighted by Gasteiger charge is 2.39. The van der Waals surface area contributed by atoms with Gasteiger partial charge in [-0.2, -0.15) is 0 Å². The average molecular weight is 202 g/mol. The van der Waals surface area contributed by atoms with E-state index in [1.54, 1.807) is 13.8 Å². The highest BCUT2D eigenvalue weighted by molar-refractivity contribution is 5.19. The largest absolute Gasteiger partial charge is 0.512 e. The summed E-state index contributed by atoms with van der Waals surface area (Å²) in [5.41, 5.74) is 0.622. The summed E-state index contributed by atoms with van der Waals surface area (Å²) in [5, 5.41) is 37.7. The van der Waals surface area contributed by atoms with Crippen LogP contribution >= 0.6 is 0 Å². The summed E-state index contributed by atoms with van der Waals surface area (Å²) in [7, 11) is 0. The van der Waals surface area contributed by atoms with E-state index in [-0.39, 0.29) is 24.9 Å². The molecule has 1 aliphatic rings. The van der Waals surface area contributed by atoms with Gasteiger partial charge in [-0.25, -0.2) is 0 Å². The zero-order valence-corrected chi connectivity index (χ0v) is 8.51. The molecule has 0 saturated carbocycles. The van der Waals surface area contributed by atoms with Crippen LogP contribution in [0.4, 0.5) is 0 Å². The molecule has 1 rings (SSSR count). The third-order valence-corrected chi connectivity index (χ3v) is 3.29. The highest BCUT2D eigenvalue weighted by Crippen LogP contribution is 2.36. The van der Waals surface area contributed by atoms with Crippen molar-refractivity contribution in [2.75, 3.05) is 13.2 Å². The summed E-state index contributed by atoms with van der Waals surface area (Å²) >= 11 is 0. The van der Waals surface area contributed by atoms with E-state index in [9.17, 15) is 10.2 Å². The van der Waals surface area contributed by atoms with Crippen molar-refractivity contribution < 1.29 is 20.4 Å². The van der Waals surface area contributed by atoms with E-state index in [1.807, 2.05) is 0 Å². The number of allylic oxidation sites excluding steroid dienone is 1. The van der Waals surface area contributed by atoms with Crippen LogP contribution in [0.3, 0.4) is 0 Å². The molecule has 4 atom stereocenters. The Hall–Kier alpha value is -0.580. The summed E-state index contributed by atoms with van der Waals surface area (Å²) < 4.78 is 0. The molecule has 0 aromatic rings. The number of hydrogen-bond acceptors (Lipinski definition) is 4. The van der Waals surface area contributed by atoms with Crippen LogP contribution in [-0.4, -0.2) is 39.7 Å². The number of hydrogen-bond donors (Lipinski definition) is 4. The Labute approximate surface area is 83.5 Å². The standard InChI is InChI=1S/C10H18O4/c1-5-7(3-11)10(14)8(4-12)6(2)9(5)13/h5,7-8,10-14H,3-4H2,1-2H3. The van der Waals surface area contributed by atoms with E-state index < -0.39 is 17.9 Å². The van der Waals surface area contributed by atoms with Crippen molar-refractivity contribution in [3.05, 3.63) is 11.3 Å². The molecule has 0 fully saturated rings. The van der Waals surface area contributed by atoms with Gasteiger partial charge in [0.2, 0.25) is 0 Å². The van der Waals surface area contributed by atoms with Gasteiger partial charge in [0, 0.05) is 24.4 Å². The zero-order chi connectivity index (χ0) is 10.9. The fraction of sp³-hybridized carbons (Fsp3) is 0.800. The van der Waals surface area contributed by atoms with Crippen LogP contribution in [0, 0.1) is 17.8 Å². The van der Waals surface area contributed by atoms with Gasteiger partial charge in [-0.05, 0) is 12.5 Å². The molecule has 4 N–H and O–H groups in total. The number of aliphatic hydroxyl groups is 4. The fourth-order valence-electron chi connectivity index (χ4n) is 2.11. The Morgan fingerprint density at radius 2 is 1.79 bits per heavy atom. The maximum atomic E-state index is 9.82. The Morgan fingerprint density at radius 1 is 1.21 bits per heavy atom. The van der Waals surface area contributed by atoms with Gasteiger partial charge in [0.25, 0.3) is 0 Å². The van der Waals surface area contributed by atoms with Crippen LogP contribution in [-0.2, 0) is 0 Å². The monoisotopic (exact) mass is 202 g/mol. The van der Waals surface area contributed by atoms with Crippen LogP contribution < -0.4 is 0 Å². The van der Waals surface area contributed by atoms with E-state index in [2.05, 4.69) is 0 Å². The van der Waals surface area contributed by atoms with E-state index in [4.69, 9.17) is 10.2 Å². The molecule has 0 radical (unpaired) electrons. The predicted molar refractivity (Wildman–Crippen MR) is 51.7 cm³/mol. The van der Waals surface area contributed by atoms with Crippen LogP contribution in [0.15, 0.2) is 11.3 Å². The molecule has 0 amide bonds. The molecule has 82 valence electrons. The minimum atomic E-state index is -0.782. The third kappa shape index (κ3) is 1.65. The smallest absolute Gasteiger partial charge is 0.0949 e. The molecule has 4 heteroatoms. The Morgan fingerprint density at radius 3 is 2.21 bits per heavy atom. The second-order valence-corrected chi connectivity index (χ2v) is 3.98. The maximum Gasteiger partial charge on any atom is 0.0949 e. The van der Waals surface area contributed by atoms with Gasteiger partial charge in [-0.1, -0.05) is 6.92 Å². The summed E-state index contributed by atoms with van der Waals surface area (Å²) in [4.78, 5) is 0.